The topological polar surface area (TPSA) is 89.4 Å². The van der Waals surface area contributed by atoms with Gasteiger partial charge in [0.15, 0.2) is 11.6 Å². The molecule has 39 heavy (non-hydrogen) atoms. The molecule has 1 saturated heterocycles. The van der Waals surface area contributed by atoms with E-state index in [1.54, 1.807) is 36.8 Å². The van der Waals surface area contributed by atoms with Gasteiger partial charge >= 0.3 is 0 Å². The zero-order valence-corrected chi connectivity index (χ0v) is 22.3. The van der Waals surface area contributed by atoms with Gasteiger partial charge in [0.1, 0.15) is 24.7 Å². The van der Waals surface area contributed by atoms with Crippen molar-refractivity contribution < 1.29 is 18.7 Å². The van der Waals surface area contributed by atoms with Gasteiger partial charge in [-0.15, -0.1) is 0 Å². The van der Waals surface area contributed by atoms with E-state index in [2.05, 4.69) is 15.3 Å². The van der Waals surface area contributed by atoms with Crippen LogP contribution in [0.4, 0.5) is 4.39 Å². The van der Waals surface area contributed by atoms with Crippen LogP contribution >= 0.6 is 11.6 Å². The fourth-order valence-electron chi connectivity index (χ4n) is 5.00. The van der Waals surface area contributed by atoms with Gasteiger partial charge in [-0.1, -0.05) is 23.7 Å². The van der Waals surface area contributed by atoms with Crippen LogP contribution in [0.15, 0.2) is 61.1 Å². The van der Waals surface area contributed by atoms with E-state index in [9.17, 15) is 14.0 Å². The van der Waals surface area contributed by atoms with Crippen LogP contribution in [0.5, 0.6) is 5.75 Å². The maximum absolute atomic E-state index is 14.2. The number of rotatable bonds is 10. The largest absolute Gasteiger partial charge is 0.486 e. The van der Waals surface area contributed by atoms with Crippen molar-refractivity contribution in [3.63, 3.8) is 0 Å². The molecule has 0 radical (unpaired) electrons. The molecular formula is C29H29ClFN5O3. The minimum Gasteiger partial charge on any atom is -0.486 e. The molecule has 8 nitrogen and oxygen atoms in total. The van der Waals surface area contributed by atoms with Gasteiger partial charge in [0.05, 0.1) is 5.02 Å². The lowest BCUT2D eigenvalue weighted by Gasteiger charge is -2.25. The van der Waals surface area contributed by atoms with Crippen LogP contribution in [0.2, 0.25) is 5.02 Å². The lowest BCUT2D eigenvalue weighted by Crippen LogP contribution is -2.42. The standard InChI is InChI=1S/C29H29ClFN5O3/c1-19(37)24-16-35(26-9-8-22(13-23(24)26)39-18-27-33-10-4-11-34-27)17-28(38)36-12-3-6-21(36)15-32-14-20-5-2-7-25(30)29(20)31/h2,4-5,7-11,13,16,21,32H,3,6,12,14-15,17-18H2,1H3. The molecule has 0 bridgehead atoms. The molecule has 2 aromatic carbocycles. The summed E-state index contributed by atoms with van der Waals surface area (Å²) in [7, 11) is 0. The van der Waals surface area contributed by atoms with Crippen LogP contribution in [-0.4, -0.2) is 50.3 Å². The summed E-state index contributed by atoms with van der Waals surface area (Å²) in [5.41, 5.74) is 1.80. The second-order valence-electron chi connectivity index (χ2n) is 9.59. The number of ketones is 1. The Morgan fingerprint density at radius 3 is 2.79 bits per heavy atom. The van der Waals surface area contributed by atoms with E-state index >= 15 is 0 Å². The van der Waals surface area contributed by atoms with Gasteiger partial charge in [0.2, 0.25) is 5.91 Å². The Kier molecular flexibility index (Phi) is 8.18. The summed E-state index contributed by atoms with van der Waals surface area (Å²) in [6, 6.07) is 12.2. The Morgan fingerprint density at radius 1 is 1.18 bits per heavy atom. The normalized spacial score (nSPS) is 15.2. The first kappa shape index (κ1) is 26.8. The average molecular weight is 550 g/mol. The van der Waals surface area contributed by atoms with Crippen molar-refractivity contribution >= 4 is 34.2 Å². The van der Waals surface area contributed by atoms with E-state index in [0.717, 1.165) is 23.7 Å². The molecule has 0 saturated carbocycles. The highest BCUT2D eigenvalue weighted by atomic mass is 35.5. The van der Waals surface area contributed by atoms with Gasteiger partial charge in [-0.2, -0.15) is 0 Å². The second kappa shape index (κ2) is 11.9. The van der Waals surface area contributed by atoms with Gasteiger partial charge in [-0.25, -0.2) is 14.4 Å². The van der Waals surface area contributed by atoms with Crippen molar-refractivity contribution in [1.29, 1.82) is 0 Å². The molecule has 1 aliphatic rings. The first-order valence-electron chi connectivity index (χ1n) is 12.9. The fraction of sp³-hybridized carbons (Fsp3) is 0.310. The average Bonchev–Trinajstić information content (AvgIpc) is 3.55. The van der Waals surface area contributed by atoms with Crippen LogP contribution < -0.4 is 10.1 Å². The number of fused-ring (bicyclic) bond motifs is 1. The Morgan fingerprint density at radius 2 is 2.00 bits per heavy atom. The van der Waals surface area contributed by atoms with Crippen LogP contribution in [0.25, 0.3) is 10.9 Å². The number of hydrogen-bond donors (Lipinski definition) is 1. The van der Waals surface area contributed by atoms with Gasteiger partial charge in [0, 0.05) is 66.3 Å². The van der Waals surface area contributed by atoms with E-state index in [0.29, 0.717) is 42.3 Å². The Labute approximate surface area is 230 Å². The maximum atomic E-state index is 14.2. The van der Waals surface area contributed by atoms with E-state index < -0.39 is 5.82 Å². The number of amides is 1. The fourth-order valence-corrected chi connectivity index (χ4v) is 5.20. The van der Waals surface area contributed by atoms with Crippen LogP contribution in [0, 0.1) is 5.82 Å². The predicted octanol–water partition coefficient (Wildman–Crippen LogP) is 4.79. The van der Waals surface area contributed by atoms with Crippen molar-refractivity contribution in [2.45, 2.75) is 45.5 Å². The molecule has 202 valence electrons. The third kappa shape index (κ3) is 6.10. The van der Waals surface area contributed by atoms with Crippen LogP contribution in [-0.2, 0) is 24.5 Å². The number of Topliss-reactive ketones (excluding diaryl/α,β-unsaturated/α-hetero) is 1. The molecule has 5 rings (SSSR count). The Balaban J connectivity index is 1.26. The van der Waals surface area contributed by atoms with Crippen molar-refractivity contribution in [2.75, 3.05) is 13.1 Å². The third-order valence-electron chi connectivity index (χ3n) is 6.95. The highest BCUT2D eigenvalue weighted by Gasteiger charge is 2.29. The first-order chi connectivity index (χ1) is 18.9. The predicted molar refractivity (Wildman–Crippen MR) is 146 cm³/mol. The van der Waals surface area contributed by atoms with Gasteiger partial charge in [-0.3, -0.25) is 9.59 Å². The smallest absolute Gasteiger partial charge is 0.242 e. The summed E-state index contributed by atoms with van der Waals surface area (Å²) < 4.78 is 21.9. The number of benzene rings is 2. The van der Waals surface area contributed by atoms with E-state index in [-0.39, 0.29) is 35.9 Å². The number of nitrogens with zero attached hydrogens (tertiary/aromatic N) is 4. The number of carbonyl (C=O) groups is 2. The molecule has 0 aliphatic carbocycles. The number of halogens is 2. The van der Waals surface area contributed by atoms with Crippen LogP contribution in [0.1, 0.15) is 41.5 Å². The minimum atomic E-state index is -0.422. The summed E-state index contributed by atoms with van der Waals surface area (Å²) in [5.74, 6) is 0.602. The molecule has 1 fully saturated rings. The van der Waals surface area contributed by atoms with Crippen molar-refractivity contribution in [1.82, 2.24) is 24.8 Å². The van der Waals surface area contributed by atoms with E-state index in [1.165, 1.54) is 13.0 Å². The molecule has 1 atom stereocenters. The lowest BCUT2D eigenvalue weighted by atomic mass is 10.1. The highest BCUT2D eigenvalue weighted by molar-refractivity contribution is 6.30. The summed E-state index contributed by atoms with van der Waals surface area (Å²) in [6.07, 6.45) is 6.81. The molecule has 3 heterocycles. The lowest BCUT2D eigenvalue weighted by molar-refractivity contribution is -0.132. The monoisotopic (exact) mass is 549 g/mol. The number of nitrogens with one attached hydrogen (secondary N) is 1. The quantitative estimate of drug-likeness (QED) is 0.286. The zero-order chi connectivity index (χ0) is 27.4. The SMILES string of the molecule is CC(=O)c1cn(CC(=O)N2CCCC2CNCc2cccc(Cl)c2F)c2ccc(OCc3ncccn3)cc12. The summed E-state index contributed by atoms with van der Waals surface area (Å²) in [5, 5.41) is 4.10. The molecule has 2 aromatic heterocycles. The summed E-state index contributed by atoms with van der Waals surface area (Å²) in [6.45, 7) is 3.37. The summed E-state index contributed by atoms with van der Waals surface area (Å²) in [4.78, 5) is 36.0. The van der Waals surface area contributed by atoms with E-state index in [1.807, 2.05) is 27.7 Å². The zero-order valence-electron chi connectivity index (χ0n) is 21.6. The molecular weight excluding hydrogens is 521 g/mol. The van der Waals surface area contributed by atoms with E-state index in [4.69, 9.17) is 16.3 Å². The minimum absolute atomic E-state index is 0.00839. The molecule has 1 amide bonds. The molecule has 1 unspecified atom stereocenters. The summed E-state index contributed by atoms with van der Waals surface area (Å²) >= 11 is 5.88. The maximum Gasteiger partial charge on any atom is 0.242 e. The molecule has 10 heteroatoms. The number of aromatic nitrogens is 3. The second-order valence-corrected chi connectivity index (χ2v) is 9.99. The molecule has 4 aromatic rings. The van der Waals surface area contributed by atoms with Crippen molar-refractivity contribution in [3.8, 4) is 5.75 Å². The van der Waals surface area contributed by atoms with Crippen molar-refractivity contribution in [2.24, 2.45) is 0 Å². The molecule has 1 N–H and O–H groups in total. The number of likely N-dealkylation sites (tertiary alicyclic amines) is 1. The molecule has 0 spiro atoms. The highest BCUT2D eigenvalue weighted by Crippen LogP contribution is 2.28. The third-order valence-corrected chi connectivity index (χ3v) is 7.24. The number of carbonyl (C=O) groups excluding carboxylic acids is 2. The first-order valence-corrected chi connectivity index (χ1v) is 13.2. The van der Waals surface area contributed by atoms with Gasteiger partial charge in [-0.05, 0) is 50.1 Å². The van der Waals surface area contributed by atoms with Crippen LogP contribution in [0.3, 0.4) is 0 Å². The number of ether oxygens (including phenoxy) is 1. The van der Waals surface area contributed by atoms with Crippen molar-refractivity contribution in [3.05, 3.63) is 88.8 Å². The number of hydrogen-bond acceptors (Lipinski definition) is 6. The molecule has 1 aliphatic heterocycles. The Hall–Kier alpha value is -3.82. The van der Waals surface area contributed by atoms with Gasteiger partial charge < -0.3 is 19.5 Å². The van der Waals surface area contributed by atoms with Gasteiger partial charge in [0.25, 0.3) is 0 Å². The Bertz CT molecular complexity index is 1490.